The number of aliphatic carboxylic acids is 1. The highest BCUT2D eigenvalue weighted by Crippen LogP contribution is 2.33. The lowest BCUT2D eigenvalue weighted by molar-refractivity contribution is -0.137. The standard InChI is InChI=1S/C17H19NO2/c1-10-8-11(2)15(12(3)9-10)16(17(19)20)13-6-4-5-7-14(13)18/h4-9,16H,18H2,1-3H3,(H,19,20). The van der Waals surface area contributed by atoms with E-state index in [-0.39, 0.29) is 0 Å². The Morgan fingerprint density at radius 1 is 1.10 bits per heavy atom. The lowest BCUT2D eigenvalue weighted by Gasteiger charge is -2.20. The molecule has 0 amide bonds. The van der Waals surface area contributed by atoms with Gasteiger partial charge in [-0.3, -0.25) is 4.79 Å². The maximum absolute atomic E-state index is 11.8. The van der Waals surface area contributed by atoms with Crippen LogP contribution in [0.1, 0.15) is 33.7 Å². The van der Waals surface area contributed by atoms with Crippen LogP contribution in [-0.2, 0) is 4.79 Å². The zero-order chi connectivity index (χ0) is 14.9. The zero-order valence-corrected chi connectivity index (χ0v) is 12.0. The van der Waals surface area contributed by atoms with Crippen LogP contribution in [0.4, 0.5) is 5.69 Å². The first-order valence-electron chi connectivity index (χ1n) is 6.56. The molecule has 3 N–H and O–H groups in total. The van der Waals surface area contributed by atoms with Crippen LogP contribution in [0.5, 0.6) is 0 Å². The predicted octanol–water partition coefficient (Wildman–Crippen LogP) is 3.41. The van der Waals surface area contributed by atoms with E-state index in [4.69, 9.17) is 5.73 Å². The number of anilines is 1. The van der Waals surface area contributed by atoms with E-state index in [9.17, 15) is 9.90 Å². The third-order valence-electron chi connectivity index (χ3n) is 3.58. The molecule has 1 atom stereocenters. The van der Waals surface area contributed by atoms with Gasteiger partial charge in [-0.15, -0.1) is 0 Å². The summed E-state index contributed by atoms with van der Waals surface area (Å²) in [6.45, 7) is 5.91. The van der Waals surface area contributed by atoms with Gasteiger partial charge in [-0.05, 0) is 49.1 Å². The fraction of sp³-hybridized carbons (Fsp3) is 0.235. The van der Waals surface area contributed by atoms with E-state index in [1.54, 1.807) is 12.1 Å². The number of carbonyl (C=O) groups is 1. The minimum atomic E-state index is -0.877. The first kappa shape index (κ1) is 14.1. The van der Waals surface area contributed by atoms with Gasteiger partial charge in [0, 0.05) is 5.69 Å². The SMILES string of the molecule is Cc1cc(C)c(C(C(=O)O)c2ccccc2N)c(C)c1. The van der Waals surface area contributed by atoms with Gasteiger partial charge in [0.05, 0.1) is 0 Å². The average molecular weight is 269 g/mol. The summed E-state index contributed by atoms with van der Waals surface area (Å²) in [4.78, 5) is 11.8. The number of rotatable bonds is 3. The molecule has 0 fully saturated rings. The van der Waals surface area contributed by atoms with E-state index in [0.717, 1.165) is 22.3 Å². The first-order chi connectivity index (χ1) is 9.41. The fourth-order valence-corrected chi connectivity index (χ4v) is 2.83. The van der Waals surface area contributed by atoms with Crippen LogP contribution >= 0.6 is 0 Å². The van der Waals surface area contributed by atoms with Gasteiger partial charge in [-0.25, -0.2) is 0 Å². The summed E-state index contributed by atoms with van der Waals surface area (Å²) in [5.74, 6) is -1.60. The second kappa shape index (κ2) is 5.37. The van der Waals surface area contributed by atoms with Gasteiger partial charge in [-0.1, -0.05) is 35.9 Å². The Balaban J connectivity index is 2.68. The van der Waals surface area contributed by atoms with Crippen LogP contribution in [0.25, 0.3) is 0 Å². The van der Waals surface area contributed by atoms with Crippen molar-refractivity contribution in [3.63, 3.8) is 0 Å². The van der Waals surface area contributed by atoms with Crippen molar-refractivity contribution in [1.29, 1.82) is 0 Å². The van der Waals surface area contributed by atoms with Crippen LogP contribution < -0.4 is 5.73 Å². The van der Waals surface area contributed by atoms with Gasteiger partial charge in [0.15, 0.2) is 0 Å². The van der Waals surface area contributed by atoms with Crippen molar-refractivity contribution in [3.05, 3.63) is 64.2 Å². The van der Waals surface area contributed by atoms with Gasteiger partial charge in [0.1, 0.15) is 5.92 Å². The summed E-state index contributed by atoms with van der Waals surface area (Å²) in [5, 5.41) is 9.67. The number of para-hydroxylation sites is 1. The molecule has 1 unspecified atom stereocenters. The number of nitrogens with two attached hydrogens (primary N) is 1. The summed E-state index contributed by atoms with van der Waals surface area (Å²) in [6.07, 6.45) is 0. The van der Waals surface area contributed by atoms with Crippen molar-refractivity contribution in [2.24, 2.45) is 0 Å². The molecule has 104 valence electrons. The Labute approximate surface area is 119 Å². The molecule has 2 aromatic rings. The fourth-order valence-electron chi connectivity index (χ4n) is 2.83. The quantitative estimate of drug-likeness (QED) is 0.839. The molecular weight excluding hydrogens is 250 g/mol. The highest BCUT2D eigenvalue weighted by molar-refractivity contribution is 5.83. The molecule has 2 rings (SSSR count). The van der Waals surface area contributed by atoms with Gasteiger partial charge in [0.25, 0.3) is 0 Å². The van der Waals surface area contributed by atoms with E-state index < -0.39 is 11.9 Å². The smallest absolute Gasteiger partial charge is 0.315 e. The van der Waals surface area contributed by atoms with Crippen molar-refractivity contribution >= 4 is 11.7 Å². The van der Waals surface area contributed by atoms with Gasteiger partial charge in [0.2, 0.25) is 0 Å². The van der Waals surface area contributed by atoms with Gasteiger partial charge < -0.3 is 10.8 Å². The molecule has 0 spiro atoms. The molecule has 20 heavy (non-hydrogen) atoms. The van der Waals surface area contributed by atoms with E-state index in [0.29, 0.717) is 11.3 Å². The number of nitrogen functional groups attached to an aromatic ring is 1. The van der Waals surface area contributed by atoms with Crippen LogP contribution in [0.3, 0.4) is 0 Å². The van der Waals surface area contributed by atoms with Crippen molar-refractivity contribution < 1.29 is 9.90 Å². The minimum absolute atomic E-state index is 0.513. The summed E-state index contributed by atoms with van der Waals surface area (Å²) < 4.78 is 0. The van der Waals surface area contributed by atoms with Crippen molar-refractivity contribution in [2.75, 3.05) is 5.73 Å². The Morgan fingerprint density at radius 3 is 2.15 bits per heavy atom. The normalized spacial score (nSPS) is 12.2. The molecule has 0 aliphatic heterocycles. The number of aryl methyl sites for hydroxylation is 3. The van der Waals surface area contributed by atoms with Crippen LogP contribution in [0.2, 0.25) is 0 Å². The molecule has 0 aliphatic carbocycles. The molecule has 0 radical (unpaired) electrons. The predicted molar refractivity (Wildman–Crippen MR) is 81.0 cm³/mol. The summed E-state index contributed by atoms with van der Waals surface area (Å²) >= 11 is 0. The van der Waals surface area contributed by atoms with Gasteiger partial charge in [-0.2, -0.15) is 0 Å². The lowest BCUT2D eigenvalue weighted by Crippen LogP contribution is -2.17. The molecule has 0 saturated carbocycles. The molecule has 0 aromatic heterocycles. The first-order valence-corrected chi connectivity index (χ1v) is 6.56. The molecule has 0 saturated heterocycles. The summed E-state index contributed by atoms with van der Waals surface area (Å²) in [7, 11) is 0. The van der Waals surface area contributed by atoms with Crippen LogP contribution in [-0.4, -0.2) is 11.1 Å². The van der Waals surface area contributed by atoms with Crippen LogP contribution in [0, 0.1) is 20.8 Å². The Hall–Kier alpha value is -2.29. The highest BCUT2D eigenvalue weighted by atomic mass is 16.4. The third-order valence-corrected chi connectivity index (χ3v) is 3.58. The average Bonchev–Trinajstić information content (AvgIpc) is 2.34. The number of hydrogen-bond acceptors (Lipinski definition) is 2. The highest BCUT2D eigenvalue weighted by Gasteiger charge is 2.27. The topological polar surface area (TPSA) is 63.3 Å². The van der Waals surface area contributed by atoms with Gasteiger partial charge >= 0.3 is 5.97 Å². The molecule has 2 aromatic carbocycles. The van der Waals surface area contributed by atoms with Crippen molar-refractivity contribution in [3.8, 4) is 0 Å². The Morgan fingerprint density at radius 2 is 1.65 bits per heavy atom. The van der Waals surface area contributed by atoms with Crippen LogP contribution in [0.15, 0.2) is 36.4 Å². The van der Waals surface area contributed by atoms with E-state index in [1.807, 2.05) is 45.0 Å². The maximum atomic E-state index is 11.8. The molecule has 0 bridgehead atoms. The zero-order valence-electron chi connectivity index (χ0n) is 12.0. The molecule has 3 heteroatoms. The minimum Gasteiger partial charge on any atom is -0.481 e. The molecule has 3 nitrogen and oxygen atoms in total. The summed E-state index contributed by atoms with van der Waals surface area (Å²) in [6, 6.07) is 11.2. The van der Waals surface area contributed by atoms with Crippen molar-refractivity contribution in [1.82, 2.24) is 0 Å². The monoisotopic (exact) mass is 269 g/mol. The second-order valence-corrected chi connectivity index (χ2v) is 5.21. The van der Waals surface area contributed by atoms with E-state index in [1.165, 1.54) is 0 Å². The van der Waals surface area contributed by atoms with Crippen molar-refractivity contribution in [2.45, 2.75) is 26.7 Å². The third kappa shape index (κ3) is 2.52. The number of hydrogen-bond donors (Lipinski definition) is 2. The molecular formula is C17H19NO2. The Kier molecular flexibility index (Phi) is 3.79. The number of carboxylic acids is 1. The number of carboxylic acid groups (broad SMARTS) is 1. The lowest BCUT2D eigenvalue weighted by atomic mass is 9.84. The largest absolute Gasteiger partial charge is 0.481 e. The second-order valence-electron chi connectivity index (χ2n) is 5.21. The number of benzene rings is 2. The Bertz CT molecular complexity index is 639. The maximum Gasteiger partial charge on any atom is 0.315 e. The van der Waals surface area contributed by atoms with E-state index in [2.05, 4.69) is 0 Å². The van der Waals surface area contributed by atoms with E-state index >= 15 is 0 Å². The summed E-state index contributed by atoms with van der Waals surface area (Å²) in [5.41, 5.74) is 11.1. The molecule has 0 heterocycles. The molecule has 0 aliphatic rings.